The van der Waals surface area contributed by atoms with Gasteiger partial charge in [-0.3, -0.25) is 0 Å². The summed E-state index contributed by atoms with van der Waals surface area (Å²) in [6.45, 7) is 12.2. The van der Waals surface area contributed by atoms with Crippen molar-refractivity contribution in [2.45, 2.75) is 53.0 Å². The summed E-state index contributed by atoms with van der Waals surface area (Å²) < 4.78 is 1.71. The predicted octanol–water partition coefficient (Wildman–Crippen LogP) is 5.13. The standard InChI is InChI=1S/C16H28N2S2/c1-11(2)9-8-10-17(6)12-13(15(20)14(12)19)18(7)16(3,4)5/h11H,8-10H2,1-7H3. The molecule has 0 amide bonds. The zero-order valence-corrected chi connectivity index (χ0v) is 15.5. The van der Waals surface area contributed by atoms with Crippen molar-refractivity contribution in [2.75, 3.05) is 30.4 Å². The van der Waals surface area contributed by atoms with Gasteiger partial charge in [-0.15, -0.1) is 0 Å². The third-order valence-electron chi connectivity index (χ3n) is 3.86. The van der Waals surface area contributed by atoms with E-state index in [-0.39, 0.29) is 5.54 Å². The minimum Gasteiger partial charge on any atom is -0.372 e. The van der Waals surface area contributed by atoms with Crippen LogP contribution in [-0.2, 0) is 0 Å². The molecule has 1 aromatic carbocycles. The molecule has 0 saturated heterocycles. The summed E-state index contributed by atoms with van der Waals surface area (Å²) in [7, 11) is 4.23. The Morgan fingerprint density at radius 1 is 1.00 bits per heavy atom. The van der Waals surface area contributed by atoms with Crippen molar-refractivity contribution in [1.29, 1.82) is 0 Å². The second-order valence-corrected chi connectivity index (χ2v) is 7.86. The van der Waals surface area contributed by atoms with Crippen LogP contribution < -0.4 is 9.80 Å². The lowest BCUT2D eigenvalue weighted by Gasteiger charge is -2.39. The van der Waals surface area contributed by atoms with Gasteiger partial charge in [0.15, 0.2) is 0 Å². The minimum absolute atomic E-state index is 0.0550. The van der Waals surface area contributed by atoms with Crippen LogP contribution in [0.5, 0.6) is 0 Å². The molecule has 4 heteroatoms. The minimum atomic E-state index is 0.0550. The molecule has 0 unspecified atom stereocenters. The van der Waals surface area contributed by atoms with Gasteiger partial charge in [-0.1, -0.05) is 38.3 Å². The maximum atomic E-state index is 5.46. The van der Waals surface area contributed by atoms with Crippen LogP contribution in [0.15, 0.2) is 0 Å². The first-order chi connectivity index (χ1) is 9.07. The molecule has 1 rings (SSSR count). The molecule has 114 valence electrons. The maximum Gasteiger partial charge on any atom is 0.0835 e. The van der Waals surface area contributed by atoms with Crippen LogP contribution in [-0.4, -0.2) is 26.2 Å². The third kappa shape index (κ3) is 3.79. The van der Waals surface area contributed by atoms with Gasteiger partial charge in [0, 0.05) is 26.2 Å². The molecule has 0 N–H and O–H groups in total. The fraction of sp³-hybridized carbons (Fsp3) is 0.750. The SMILES string of the molecule is CC(C)CCCN(C)c1c(N(C)C(C)(C)C)c(=S)c1=S. The first-order valence-corrected chi connectivity index (χ1v) is 8.17. The van der Waals surface area contributed by atoms with Gasteiger partial charge in [0.05, 0.1) is 20.4 Å². The molecule has 0 aliphatic rings. The fourth-order valence-corrected chi connectivity index (χ4v) is 2.90. The van der Waals surface area contributed by atoms with Crippen LogP contribution in [0.2, 0.25) is 0 Å². The maximum absolute atomic E-state index is 5.46. The summed E-state index contributed by atoms with van der Waals surface area (Å²) in [6.07, 6.45) is 2.44. The highest BCUT2D eigenvalue weighted by molar-refractivity contribution is 7.74. The van der Waals surface area contributed by atoms with E-state index in [4.69, 9.17) is 24.4 Å². The monoisotopic (exact) mass is 312 g/mol. The highest BCUT2D eigenvalue weighted by atomic mass is 32.1. The van der Waals surface area contributed by atoms with E-state index in [1.807, 2.05) is 0 Å². The van der Waals surface area contributed by atoms with Gasteiger partial charge in [0.25, 0.3) is 0 Å². The molecule has 0 aliphatic heterocycles. The first-order valence-electron chi connectivity index (χ1n) is 7.35. The lowest BCUT2D eigenvalue weighted by Crippen LogP contribution is -2.40. The molecular weight excluding hydrogens is 284 g/mol. The van der Waals surface area contributed by atoms with Crippen molar-refractivity contribution in [1.82, 2.24) is 0 Å². The van der Waals surface area contributed by atoms with Crippen molar-refractivity contribution in [2.24, 2.45) is 5.92 Å². The Morgan fingerprint density at radius 3 is 1.95 bits per heavy atom. The van der Waals surface area contributed by atoms with Crippen molar-refractivity contribution >= 4 is 35.8 Å². The Bertz CT molecular complexity index is 519. The Labute approximate surface area is 134 Å². The molecule has 2 nitrogen and oxygen atoms in total. The van der Waals surface area contributed by atoms with Gasteiger partial charge < -0.3 is 9.80 Å². The van der Waals surface area contributed by atoms with E-state index >= 15 is 0 Å². The first kappa shape index (κ1) is 17.6. The zero-order valence-electron chi connectivity index (χ0n) is 13.9. The largest absolute Gasteiger partial charge is 0.372 e. The second kappa shape index (κ2) is 6.52. The molecule has 0 fully saturated rings. The Balaban J connectivity index is 2.89. The number of rotatable bonds is 6. The zero-order chi connectivity index (χ0) is 15.7. The average Bonchev–Trinajstić information content (AvgIpc) is 2.31. The Hall–Kier alpha value is -0.480. The van der Waals surface area contributed by atoms with Crippen molar-refractivity contribution in [3.8, 4) is 0 Å². The van der Waals surface area contributed by atoms with Crippen LogP contribution >= 0.6 is 24.4 Å². The molecule has 0 saturated carbocycles. The molecule has 0 aromatic heterocycles. The molecule has 0 aliphatic carbocycles. The summed E-state index contributed by atoms with van der Waals surface area (Å²) in [5.74, 6) is 0.753. The number of anilines is 2. The van der Waals surface area contributed by atoms with Gasteiger partial charge in [0.2, 0.25) is 0 Å². The van der Waals surface area contributed by atoms with Crippen LogP contribution in [0.4, 0.5) is 11.4 Å². The van der Waals surface area contributed by atoms with E-state index in [1.165, 1.54) is 12.8 Å². The third-order valence-corrected chi connectivity index (χ3v) is 4.78. The molecule has 0 atom stereocenters. The topological polar surface area (TPSA) is 6.48 Å². The summed E-state index contributed by atoms with van der Waals surface area (Å²) in [4.78, 5) is 4.53. The van der Waals surface area contributed by atoms with E-state index in [0.717, 1.165) is 32.9 Å². The lowest BCUT2D eigenvalue weighted by atomic mass is 10.0. The van der Waals surface area contributed by atoms with E-state index in [1.54, 1.807) is 0 Å². The second-order valence-electron chi connectivity index (χ2n) is 7.04. The molecule has 0 spiro atoms. The fourth-order valence-electron chi connectivity index (χ4n) is 2.22. The molecule has 0 bridgehead atoms. The van der Waals surface area contributed by atoms with Crippen LogP contribution in [0.25, 0.3) is 0 Å². The van der Waals surface area contributed by atoms with Crippen LogP contribution in [0, 0.1) is 14.9 Å². The predicted molar refractivity (Wildman–Crippen MR) is 96.0 cm³/mol. The highest BCUT2D eigenvalue weighted by Crippen LogP contribution is 2.40. The van der Waals surface area contributed by atoms with Gasteiger partial charge >= 0.3 is 0 Å². The Kier molecular flexibility index (Phi) is 5.73. The van der Waals surface area contributed by atoms with Gasteiger partial charge in [-0.05, 0) is 39.5 Å². The smallest absolute Gasteiger partial charge is 0.0835 e. The van der Waals surface area contributed by atoms with Crippen LogP contribution in [0.1, 0.15) is 47.5 Å². The number of nitrogens with zero attached hydrogens (tertiary/aromatic N) is 2. The molecule has 1 aromatic rings. The van der Waals surface area contributed by atoms with Crippen LogP contribution in [0.3, 0.4) is 0 Å². The van der Waals surface area contributed by atoms with Gasteiger partial charge in [-0.2, -0.15) is 0 Å². The molecular formula is C16H28N2S2. The van der Waals surface area contributed by atoms with E-state index in [0.29, 0.717) is 0 Å². The van der Waals surface area contributed by atoms with Crippen molar-refractivity contribution in [3.05, 3.63) is 9.02 Å². The van der Waals surface area contributed by atoms with Gasteiger partial charge in [-0.25, -0.2) is 0 Å². The van der Waals surface area contributed by atoms with Gasteiger partial charge in [0.1, 0.15) is 0 Å². The summed E-state index contributed by atoms with van der Waals surface area (Å²) in [5, 5.41) is 0. The van der Waals surface area contributed by atoms with E-state index < -0.39 is 0 Å². The quantitative estimate of drug-likeness (QED) is 0.672. The van der Waals surface area contributed by atoms with Crippen molar-refractivity contribution < 1.29 is 0 Å². The molecule has 0 heterocycles. The summed E-state index contributed by atoms with van der Waals surface area (Å²) >= 11 is 10.9. The van der Waals surface area contributed by atoms with E-state index in [2.05, 4.69) is 58.5 Å². The summed E-state index contributed by atoms with van der Waals surface area (Å²) in [6, 6.07) is 0. The molecule has 20 heavy (non-hydrogen) atoms. The van der Waals surface area contributed by atoms with Crippen molar-refractivity contribution in [3.63, 3.8) is 0 Å². The Morgan fingerprint density at radius 2 is 1.50 bits per heavy atom. The lowest BCUT2D eigenvalue weighted by molar-refractivity contribution is 0.535. The normalized spacial score (nSPS) is 12.2. The molecule has 0 radical (unpaired) electrons. The number of hydrogen-bond donors (Lipinski definition) is 0. The average molecular weight is 313 g/mol. The highest BCUT2D eigenvalue weighted by Gasteiger charge is 2.27. The number of hydrogen-bond acceptors (Lipinski definition) is 4. The summed E-state index contributed by atoms with van der Waals surface area (Å²) in [5.41, 5.74) is 2.36. The van der Waals surface area contributed by atoms with E-state index in [9.17, 15) is 0 Å².